The number of aryl methyl sites for hydroxylation is 1. The highest BCUT2D eigenvalue weighted by molar-refractivity contribution is 6.03. The number of fused-ring (bicyclic) bond motifs is 1. The predicted molar refractivity (Wildman–Crippen MR) is 139 cm³/mol. The Bertz CT molecular complexity index is 1250. The molecule has 7 nitrogen and oxygen atoms in total. The van der Waals surface area contributed by atoms with Gasteiger partial charge in [-0.2, -0.15) is 0 Å². The SMILES string of the molecule is Cc1nc(N)nc2c1/C(=N/OC1CCN(C(C)C)CC1)CC(c1ccc(F)cc1-c1cccnc1)C2. The molecule has 3 heterocycles. The molecule has 0 spiro atoms. The molecule has 1 aliphatic heterocycles. The largest absolute Gasteiger partial charge is 0.392 e. The molecule has 3 aromatic rings. The van der Waals surface area contributed by atoms with Crippen LogP contribution in [-0.4, -0.2) is 50.8 Å². The number of rotatable bonds is 5. The average molecular weight is 489 g/mol. The van der Waals surface area contributed by atoms with Crippen LogP contribution >= 0.6 is 0 Å². The van der Waals surface area contributed by atoms with E-state index >= 15 is 0 Å². The maximum Gasteiger partial charge on any atom is 0.220 e. The van der Waals surface area contributed by atoms with Gasteiger partial charge in [0.05, 0.1) is 17.1 Å². The fourth-order valence-corrected chi connectivity index (χ4v) is 5.41. The van der Waals surface area contributed by atoms with Gasteiger partial charge in [0, 0.05) is 49.1 Å². The van der Waals surface area contributed by atoms with E-state index in [1.54, 1.807) is 18.5 Å². The van der Waals surface area contributed by atoms with Gasteiger partial charge < -0.3 is 15.5 Å². The molecular formula is C28H33FN6O. The molecule has 1 atom stereocenters. The topological polar surface area (TPSA) is 89.5 Å². The molecule has 188 valence electrons. The molecule has 36 heavy (non-hydrogen) atoms. The van der Waals surface area contributed by atoms with Crippen molar-refractivity contribution in [3.8, 4) is 11.1 Å². The number of hydrogen-bond acceptors (Lipinski definition) is 7. The zero-order valence-corrected chi connectivity index (χ0v) is 21.1. The van der Waals surface area contributed by atoms with Crippen molar-refractivity contribution in [2.75, 3.05) is 18.8 Å². The van der Waals surface area contributed by atoms with E-state index in [0.717, 1.165) is 65.3 Å². The standard InChI is InChI=1S/C28H33FN6O/c1-17(2)35-11-8-22(9-12-35)36-34-26-14-20(13-25-27(26)18(3)32-28(30)33-25)23-7-6-21(29)15-24(23)19-5-4-10-31-16-19/h4-7,10,15-17,20,22H,8-9,11-14H2,1-3H3,(H2,30,32,33)/b34-26+. The van der Waals surface area contributed by atoms with Crippen LogP contribution in [0.25, 0.3) is 11.1 Å². The summed E-state index contributed by atoms with van der Waals surface area (Å²) in [7, 11) is 0. The number of hydrogen-bond donors (Lipinski definition) is 1. The van der Waals surface area contributed by atoms with Crippen LogP contribution in [0.5, 0.6) is 0 Å². The first-order chi connectivity index (χ1) is 17.4. The normalized spacial score (nSPS) is 20.0. The Labute approximate surface area is 211 Å². The van der Waals surface area contributed by atoms with Crippen LogP contribution in [0, 0.1) is 12.7 Å². The number of likely N-dealkylation sites (tertiary alicyclic amines) is 1. The summed E-state index contributed by atoms with van der Waals surface area (Å²) in [6, 6.07) is 9.32. The summed E-state index contributed by atoms with van der Waals surface area (Å²) in [5, 5.41) is 4.70. The lowest BCUT2D eigenvalue weighted by Crippen LogP contribution is -2.40. The molecule has 5 rings (SSSR count). The van der Waals surface area contributed by atoms with Crippen molar-refractivity contribution in [3.05, 3.63) is 71.1 Å². The second-order valence-corrected chi connectivity index (χ2v) is 10.0. The van der Waals surface area contributed by atoms with Gasteiger partial charge in [-0.1, -0.05) is 17.3 Å². The Morgan fingerprint density at radius 2 is 1.94 bits per heavy atom. The van der Waals surface area contributed by atoms with Gasteiger partial charge in [0.1, 0.15) is 11.9 Å². The number of pyridine rings is 1. The Morgan fingerprint density at radius 1 is 1.14 bits per heavy atom. The van der Waals surface area contributed by atoms with Crippen molar-refractivity contribution in [2.45, 2.75) is 64.5 Å². The monoisotopic (exact) mass is 488 g/mol. The zero-order chi connectivity index (χ0) is 25.2. The lowest BCUT2D eigenvalue weighted by atomic mass is 9.78. The smallest absolute Gasteiger partial charge is 0.220 e. The van der Waals surface area contributed by atoms with E-state index < -0.39 is 0 Å². The Hall–Kier alpha value is -3.39. The number of anilines is 1. The van der Waals surface area contributed by atoms with Crippen molar-refractivity contribution in [2.24, 2.45) is 5.16 Å². The molecule has 1 aromatic carbocycles. The number of piperidine rings is 1. The number of oxime groups is 1. The average Bonchev–Trinajstić information content (AvgIpc) is 2.87. The Kier molecular flexibility index (Phi) is 6.96. The summed E-state index contributed by atoms with van der Waals surface area (Å²) in [5.41, 5.74) is 12.2. The van der Waals surface area contributed by atoms with Crippen molar-refractivity contribution >= 4 is 11.7 Å². The second-order valence-electron chi connectivity index (χ2n) is 10.0. The van der Waals surface area contributed by atoms with Gasteiger partial charge in [-0.15, -0.1) is 0 Å². The van der Waals surface area contributed by atoms with Gasteiger partial charge in [-0.05, 0) is 75.3 Å². The lowest BCUT2D eigenvalue weighted by molar-refractivity contribution is 0.00403. The molecule has 0 amide bonds. The highest BCUT2D eigenvalue weighted by Gasteiger charge is 2.31. The van der Waals surface area contributed by atoms with Crippen molar-refractivity contribution in [3.63, 3.8) is 0 Å². The van der Waals surface area contributed by atoms with Crippen LogP contribution in [0.2, 0.25) is 0 Å². The fourth-order valence-electron chi connectivity index (χ4n) is 5.41. The number of nitrogens with two attached hydrogens (primary N) is 1. The van der Waals surface area contributed by atoms with E-state index in [1.807, 2.05) is 25.1 Å². The molecule has 0 bridgehead atoms. The first kappa shape index (κ1) is 24.3. The van der Waals surface area contributed by atoms with Gasteiger partial charge in [0.15, 0.2) is 0 Å². The number of nitrogens with zero attached hydrogens (tertiary/aromatic N) is 5. The van der Waals surface area contributed by atoms with Crippen molar-refractivity contribution < 1.29 is 9.23 Å². The zero-order valence-electron chi connectivity index (χ0n) is 21.1. The van der Waals surface area contributed by atoms with Gasteiger partial charge in [-0.3, -0.25) is 4.98 Å². The molecule has 2 aliphatic rings. The van der Waals surface area contributed by atoms with Crippen LogP contribution in [0.15, 0.2) is 47.9 Å². The maximum atomic E-state index is 14.3. The number of aromatic nitrogens is 3. The van der Waals surface area contributed by atoms with Crippen LogP contribution in [-0.2, 0) is 11.3 Å². The highest BCUT2D eigenvalue weighted by Crippen LogP contribution is 2.38. The molecule has 2 aromatic heterocycles. The fraction of sp³-hybridized carbons (Fsp3) is 0.429. The van der Waals surface area contributed by atoms with E-state index in [0.29, 0.717) is 18.9 Å². The Morgan fingerprint density at radius 3 is 2.67 bits per heavy atom. The summed E-state index contributed by atoms with van der Waals surface area (Å²) < 4.78 is 14.3. The van der Waals surface area contributed by atoms with E-state index in [1.165, 1.54) is 6.07 Å². The molecule has 0 saturated carbocycles. The maximum absolute atomic E-state index is 14.3. The molecule has 8 heteroatoms. The number of benzene rings is 1. The van der Waals surface area contributed by atoms with E-state index in [4.69, 9.17) is 15.7 Å². The van der Waals surface area contributed by atoms with Crippen LogP contribution in [0.1, 0.15) is 61.5 Å². The third kappa shape index (κ3) is 5.09. The second kappa shape index (κ2) is 10.3. The third-order valence-corrected chi connectivity index (χ3v) is 7.30. The minimum Gasteiger partial charge on any atom is -0.392 e. The minimum absolute atomic E-state index is 0.0344. The summed E-state index contributed by atoms with van der Waals surface area (Å²) >= 11 is 0. The van der Waals surface area contributed by atoms with E-state index in [-0.39, 0.29) is 23.8 Å². The molecule has 1 fully saturated rings. The molecule has 0 radical (unpaired) electrons. The van der Waals surface area contributed by atoms with Crippen molar-refractivity contribution in [1.29, 1.82) is 0 Å². The van der Waals surface area contributed by atoms with Crippen LogP contribution < -0.4 is 5.73 Å². The first-order valence-corrected chi connectivity index (χ1v) is 12.7. The van der Waals surface area contributed by atoms with Gasteiger partial charge in [0.25, 0.3) is 0 Å². The van der Waals surface area contributed by atoms with Gasteiger partial charge >= 0.3 is 0 Å². The molecule has 1 saturated heterocycles. The number of nitrogen functional groups attached to an aromatic ring is 1. The van der Waals surface area contributed by atoms with E-state index in [9.17, 15) is 4.39 Å². The summed E-state index contributed by atoms with van der Waals surface area (Å²) in [6.45, 7) is 8.41. The lowest BCUT2D eigenvalue weighted by Gasteiger charge is -2.33. The molecule has 1 aliphatic carbocycles. The Balaban J connectivity index is 1.48. The highest BCUT2D eigenvalue weighted by atomic mass is 19.1. The minimum atomic E-state index is -0.277. The summed E-state index contributed by atoms with van der Waals surface area (Å²) in [4.78, 5) is 21.8. The van der Waals surface area contributed by atoms with Crippen LogP contribution in [0.3, 0.4) is 0 Å². The molecule has 1 unspecified atom stereocenters. The first-order valence-electron chi connectivity index (χ1n) is 12.7. The molecule has 2 N–H and O–H groups in total. The molecular weight excluding hydrogens is 455 g/mol. The van der Waals surface area contributed by atoms with Gasteiger partial charge in [0.2, 0.25) is 5.95 Å². The van der Waals surface area contributed by atoms with Crippen LogP contribution in [0.4, 0.5) is 10.3 Å². The summed E-state index contributed by atoms with van der Waals surface area (Å²) in [5.74, 6) is 0.00755. The summed E-state index contributed by atoms with van der Waals surface area (Å²) in [6.07, 6.45) is 6.77. The quantitative estimate of drug-likeness (QED) is 0.514. The van der Waals surface area contributed by atoms with E-state index in [2.05, 4.69) is 33.7 Å². The predicted octanol–water partition coefficient (Wildman–Crippen LogP) is 4.89. The third-order valence-electron chi connectivity index (χ3n) is 7.30. The van der Waals surface area contributed by atoms with Gasteiger partial charge in [-0.25, -0.2) is 14.4 Å². The number of halogens is 1. The van der Waals surface area contributed by atoms with Crippen molar-refractivity contribution in [1.82, 2.24) is 19.9 Å².